The summed E-state index contributed by atoms with van der Waals surface area (Å²) in [6.45, 7) is 6.45. The van der Waals surface area contributed by atoms with Crippen molar-refractivity contribution < 1.29 is 19.1 Å². The number of ketones is 1. The summed E-state index contributed by atoms with van der Waals surface area (Å²) in [6.07, 6.45) is 4.06. The van der Waals surface area contributed by atoms with E-state index in [2.05, 4.69) is 40.3 Å². The Labute approximate surface area is 240 Å². The van der Waals surface area contributed by atoms with Crippen molar-refractivity contribution in [1.82, 2.24) is 24.8 Å². The third-order valence-electron chi connectivity index (χ3n) is 6.45. The topological polar surface area (TPSA) is 138 Å². The number of para-hydroxylation sites is 1. The van der Waals surface area contributed by atoms with Gasteiger partial charge in [-0.15, -0.1) is 0 Å². The van der Waals surface area contributed by atoms with Gasteiger partial charge in [-0.25, -0.2) is 9.78 Å². The van der Waals surface area contributed by atoms with E-state index < -0.39 is 23.6 Å². The molecular weight excluding hydrogens is 524 g/mol. The van der Waals surface area contributed by atoms with Crippen molar-refractivity contribution in [3.05, 3.63) is 69.9 Å². The molecule has 1 aromatic carbocycles. The zero-order valence-electron chi connectivity index (χ0n) is 24.6. The zero-order valence-corrected chi connectivity index (χ0v) is 24.6. The van der Waals surface area contributed by atoms with Gasteiger partial charge < -0.3 is 29.8 Å². The van der Waals surface area contributed by atoms with Crippen molar-refractivity contribution in [1.29, 1.82) is 0 Å². The molecule has 2 amide bonds. The monoisotopic (exact) mass is 564 g/mol. The Hall–Kier alpha value is -4.25. The molecule has 0 fully saturated rings. The van der Waals surface area contributed by atoms with Gasteiger partial charge in [0.05, 0.1) is 24.7 Å². The molecule has 0 saturated carbocycles. The summed E-state index contributed by atoms with van der Waals surface area (Å²) in [5.41, 5.74) is 3.20. The van der Waals surface area contributed by atoms with Crippen LogP contribution < -0.4 is 16.2 Å². The van der Waals surface area contributed by atoms with Gasteiger partial charge in [-0.2, -0.15) is 0 Å². The number of likely N-dealkylation sites (N-methyl/N-ethyl adjacent to an activating group) is 1. The minimum Gasteiger partial charge on any atom is -0.453 e. The Morgan fingerprint density at radius 3 is 2.59 bits per heavy atom. The zero-order chi connectivity index (χ0) is 30.1. The van der Waals surface area contributed by atoms with Crippen molar-refractivity contribution in [3.63, 3.8) is 0 Å². The van der Waals surface area contributed by atoms with Crippen molar-refractivity contribution >= 4 is 34.5 Å². The highest BCUT2D eigenvalue weighted by atomic mass is 16.5. The number of H-pyrrole nitrogens is 1. The van der Waals surface area contributed by atoms with Crippen molar-refractivity contribution in [2.75, 3.05) is 33.1 Å². The molecule has 0 aliphatic heterocycles. The molecule has 0 aliphatic rings. The van der Waals surface area contributed by atoms with Gasteiger partial charge >= 0.3 is 6.09 Å². The van der Waals surface area contributed by atoms with Crippen LogP contribution in [0.2, 0.25) is 0 Å². The van der Waals surface area contributed by atoms with Crippen LogP contribution >= 0.6 is 0 Å². The van der Waals surface area contributed by atoms with E-state index >= 15 is 0 Å². The molecule has 0 radical (unpaired) electrons. The van der Waals surface area contributed by atoms with E-state index in [-0.39, 0.29) is 24.4 Å². The lowest BCUT2D eigenvalue weighted by atomic mass is 10.0. The average molecular weight is 565 g/mol. The van der Waals surface area contributed by atoms with Crippen molar-refractivity contribution in [3.8, 4) is 0 Å². The SMILES string of the molecule is COC(=O)N[C@@H](CC/C=C(/CN(C)C)C(C)=O)C(=O)Nc1cccn(Cc2nc3c(CC(C)C)cccc3[nH]2)c1=O. The number of nitrogens with one attached hydrogen (secondary N) is 3. The lowest BCUT2D eigenvalue weighted by molar-refractivity contribution is -0.118. The summed E-state index contributed by atoms with van der Waals surface area (Å²) < 4.78 is 6.14. The average Bonchev–Trinajstić information content (AvgIpc) is 3.32. The molecule has 3 N–H and O–H groups in total. The molecule has 0 aliphatic carbocycles. The van der Waals surface area contributed by atoms with E-state index in [0.717, 1.165) is 23.0 Å². The number of Topliss-reactive ketones (excluding diaryl/α,β-unsaturated/α-hetero) is 1. The number of rotatable bonds is 13. The molecule has 11 nitrogen and oxygen atoms in total. The van der Waals surface area contributed by atoms with E-state index in [4.69, 9.17) is 4.98 Å². The Morgan fingerprint density at radius 1 is 1.17 bits per heavy atom. The number of aromatic amines is 1. The minimum atomic E-state index is -0.992. The molecule has 3 rings (SSSR count). The molecule has 220 valence electrons. The number of carbonyl (C=O) groups is 3. The number of fused-ring (bicyclic) bond motifs is 1. The van der Waals surface area contributed by atoms with E-state index in [1.54, 1.807) is 18.3 Å². The summed E-state index contributed by atoms with van der Waals surface area (Å²) in [5.74, 6) is 0.466. The molecule has 0 bridgehead atoms. The predicted octanol–water partition coefficient (Wildman–Crippen LogP) is 3.49. The van der Waals surface area contributed by atoms with Crippen LogP contribution in [0.25, 0.3) is 11.0 Å². The molecule has 11 heteroatoms. The molecule has 0 unspecified atom stereocenters. The Balaban J connectivity index is 1.78. The molecule has 3 aromatic rings. The number of ether oxygens (including phenoxy) is 1. The predicted molar refractivity (Wildman–Crippen MR) is 159 cm³/mol. The molecule has 2 heterocycles. The highest BCUT2D eigenvalue weighted by Gasteiger charge is 2.22. The number of nitrogens with zero attached hydrogens (tertiary/aromatic N) is 3. The number of allylic oxidation sites excluding steroid dienone is 1. The largest absolute Gasteiger partial charge is 0.453 e. The Bertz CT molecular complexity index is 1470. The first-order valence-electron chi connectivity index (χ1n) is 13.6. The fraction of sp³-hybridized carbons (Fsp3) is 0.433. The number of imidazole rings is 1. The lowest BCUT2D eigenvalue weighted by Crippen LogP contribution is -2.44. The molecule has 1 atom stereocenters. The van der Waals surface area contributed by atoms with Gasteiger partial charge in [0.25, 0.3) is 5.56 Å². The molecule has 41 heavy (non-hydrogen) atoms. The van der Waals surface area contributed by atoms with Crippen LogP contribution in [0.4, 0.5) is 10.5 Å². The minimum absolute atomic E-state index is 0.0638. The van der Waals surface area contributed by atoms with Crippen LogP contribution in [0.3, 0.4) is 0 Å². The number of hydrogen-bond donors (Lipinski definition) is 3. The van der Waals surface area contributed by atoms with Crippen LogP contribution in [0.5, 0.6) is 0 Å². The van der Waals surface area contributed by atoms with E-state index in [0.29, 0.717) is 30.3 Å². The highest BCUT2D eigenvalue weighted by molar-refractivity contribution is 5.96. The smallest absolute Gasteiger partial charge is 0.407 e. The van der Waals surface area contributed by atoms with E-state index in [1.165, 1.54) is 24.7 Å². The summed E-state index contributed by atoms with van der Waals surface area (Å²) in [7, 11) is 4.92. The number of methoxy groups -OCH3 is 1. The quantitative estimate of drug-likeness (QED) is 0.270. The summed E-state index contributed by atoms with van der Waals surface area (Å²) in [5, 5.41) is 5.16. The van der Waals surface area contributed by atoms with Gasteiger partial charge in [0.15, 0.2) is 5.78 Å². The summed E-state index contributed by atoms with van der Waals surface area (Å²) >= 11 is 0. The fourth-order valence-electron chi connectivity index (χ4n) is 4.51. The number of carbonyl (C=O) groups excluding carboxylic acids is 3. The molecule has 0 spiro atoms. The standard InChI is InChI=1S/C30H40N6O5/c1-19(2)16-21-10-7-12-23-27(21)34-26(31-23)18-36-15-9-14-25(29(36)39)32-28(38)24(33-30(40)41-6)13-8-11-22(20(3)37)17-35(4)5/h7,9-12,14-15,19,24H,8,13,16-18H2,1-6H3,(H,31,34)(H,32,38)(H,33,40)/b22-11-/t24-/m0/s1. The Kier molecular flexibility index (Phi) is 11.0. The van der Waals surface area contributed by atoms with Crippen LogP contribution in [-0.4, -0.2) is 71.0 Å². The summed E-state index contributed by atoms with van der Waals surface area (Å²) in [6, 6.07) is 8.19. The Morgan fingerprint density at radius 2 is 1.93 bits per heavy atom. The van der Waals surface area contributed by atoms with Crippen LogP contribution in [-0.2, 0) is 27.3 Å². The highest BCUT2D eigenvalue weighted by Crippen LogP contribution is 2.20. The maximum Gasteiger partial charge on any atom is 0.407 e. The molecule has 0 saturated heterocycles. The first kappa shape index (κ1) is 31.3. The second-order valence-electron chi connectivity index (χ2n) is 10.7. The number of aromatic nitrogens is 3. The fourth-order valence-corrected chi connectivity index (χ4v) is 4.51. The number of benzene rings is 1. The normalized spacial score (nSPS) is 12.5. The number of pyridine rings is 1. The third-order valence-corrected chi connectivity index (χ3v) is 6.45. The number of anilines is 1. The van der Waals surface area contributed by atoms with Crippen LogP contribution in [0.1, 0.15) is 45.0 Å². The first-order chi connectivity index (χ1) is 19.5. The molecule has 2 aromatic heterocycles. The maximum absolute atomic E-state index is 13.3. The third kappa shape index (κ3) is 8.87. The van der Waals surface area contributed by atoms with Crippen molar-refractivity contribution in [2.45, 2.75) is 52.6 Å². The first-order valence-corrected chi connectivity index (χ1v) is 13.6. The summed E-state index contributed by atoms with van der Waals surface area (Å²) in [4.78, 5) is 60.2. The lowest BCUT2D eigenvalue weighted by Gasteiger charge is -2.18. The second kappa shape index (κ2) is 14.4. The van der Waals surface area contributed by atoms with Gasteiger partial charge in [0.2, 0.25) is 5.91 Å². The van der Waals surface area contributed by atoms with Gasteiger partial charge in [-0.05, 0) is 70.0 Å². The van der Waals surface area contributed by atoms with Crippen LogP contribution in [0, 0.1) is 5.92 Å². The van der Waals surface area contributed by atoms with Gasteiger partial charge in [0, 0.05) is 18.3 Å². The van der Waals surface area contributed by atoms with E-state index in [1.807, 2.05) is 31.1 Å². The number of hydrogen-bond acceptors (Lipinski definition) is 7. The second-order valence-corrected chi connectivity index (χ2v) is 10.7. The number of amides is 2. The molecular formula is C30H40N6O5. The van der Waals surface area contributed by atoms with Crippen molar-refractivity contribution in [2.24, 2.45) is 5.92 Å². The van der Waals surface area contributed by atoms with E-state index in [9.17, 15) is 19.2 Å². The van der Waals surface area contributed by atoms with Gasteiger partial charge in [0.1, 0.15) is 17.6 Å². The van der Waals surface area contributed by atoms with Crippen LogP contribution in [0.15, 0.2) is 53.0 Å². The number of alkyl carbamates (subject to hydrolysis) is 1. The van der Waals surface area contributed by atoms with Gasteiger partial charge in [-0.1, -0.05) is 32.1 Å². The van der Waals surface area contributed by atoms with Gasteiger partial charge in [-0.3, -0.25) is 14.4 Å². The maximum atomic E-state index is 13.3.